The van der Waals surface area contributed by atoms with Crippen molar-refractivity contribution in [2.24, 2.45) is 0 Å². The average Bonchev–Trinajstić information content (AvgIpc) is 2.60. The van der Waals surface area contributed by atoms with E-state index >= 15 is 0 Å². The minimum Gasteiger partial charge on any atom is -0.465 e. The largest absolute Gasteiger partial charge is 0.465 e. The monoisotopic (exact) mass is 362 g/mol. The Morgan fingerprint density at radius 2 is 1.68 bits per heavy atom. The third-order valence-corrected chi connectivity index (χ3v) is 4.74. The van der Waals surface area contributed by atoms with Gasteiger partial charge in [-0.05, 0) is 42.5 Å². The Kier molecular flexibility index (Phi) is 5.43. The molecule has 1 amide bonds. The van der Waals surface area contributed by atoms with Gasteiger partial charge in [0.1, 0.15) is 0 Å². The molecular weight excluding hydrogens is 344 g/mol. The zero-order valence-corrected chi connectivity index (χ0v) is 14.8. The van der Waals surface area contributed by atoms with Crippen molar-refractivity contribution in [3.8, 4) is 0 Å². The van der Waals surface area contributed by atoms with Gasteiger partial charge in [-0.1, -0.05) is 6.07 Å². The maximum absolute atomic E-state index is 12.3. The van der Waals surface area contributed by atoms with Gasteiger partial charge in [0.05, 0.1) is 24.6 Å². The number of nitrogens with one attached hydrogen (secondary N) is 1. The molecule has 0 aliphatic heterocycles. The van der Waals surface area contributed by atoms with E-state index in [1.54, 1.807) is 30.3 Å². The number of sulfonamides is 1. The smallest absolute Gasteiger partial charge is 0.337 e. The second kappa shape index (κ2) is 7.35. The van der Waals surface area contributed by atoms with Crippen LogP contribution in [-0.4, -0.2) is 40.7 Å². The number of benzene rings is 2. The summed E-state index contributed by atoms with van der Waals surface area (Å²) in [5.74, 6) is -0.875. The average molecular weight is 362 g/mol. The Labute approximate surface area is 146 Å². The summed E-state index contributed by atoms with van der Waals surface area (Å²) < 4.78 is 28.8. The molecule has 0 atom stereocenters. The molecule has 0 fully saturated rings. The number of methoxy groups -OCH3 is 1. The molecule has 2 aromatic carbocycles. The predicted molar refractivity (Wildman–Crippen MR) is 95.4 cm³/mol. The normalized spacial score (nSPS) is 10.8. The van der Waals surface area contributed by atoms with Crippen molar-refractivity contribution in [2.75, 3.05) is 30.0 Å². The fourth-order valence-corrected chi connectivity index (χ4v) is 2.56. The molecule has 0 aliphatic rings. The zero-order valence-electron chi connectivity index (χ0n) is 14.0. The molecule has 0 aromatic heterocycles. The van der Waals surface area contributed by atoms with Gasteiger partial charge in [-0.2, -0.15) is 0 Å². The highest BCUT2D eigenvalue weighted by atomic mass is 32.2. The highest BCUT2D eigenvalue weighted by molar-refractivity contribution is 7.92. The van der Waals surface area contributed by atoms with Crippen LogP contribution in [0.3, 0.4) is 0 Å². The SMILES string of the molecule is COC(=O)c1cccc(NC(=O)c2ccc(N(C)S(C)(=O)=O)cc2)c1. The molecule has 0 spiro atoms. The molecule has 0 aliphatic carbocycles. The fourth-order valence-electron chi connectivity index (χ4n) is 2.06. The lowest BCUT2D eigenvalue weighted by molar-refractivity contribution is 0.0600. The summed E-state index contributed by atoms with van der Waals surface area (Å²) in [7, 11) is -0.650. The quantitative estimate of drug-likeness (QED) is 0.823. The van der Waals surface area contributed by atoms with Crippen LogP contribution in [0.1, 0.15) is 20.7 Å². The van der Waals surface area contributed by atoms with Crippen molar-refractivity contribution in [1.29, 1.82) is 0 Å². The Hall–Kier alpha value is -2.87. The minimum atomic E-state index is -3.36. The number of rotatable bonds is 5. The fraction of sp³-hybridized carbons (Fsp3) is 0.176. The number of anilines is 2. The van der Waals surface area contributed by atoms with Crippen LogP contribution >= 0.6 is 0 Å². The van der Waals surface area contributed by atoms with E-state index in [1.165, 1.54) is 32.4 Å². The van der Waals surface area contributed by atoms with Crippen LogP contribution in [0.15, 0.2) is 48.5 Å². The van der Waals surface area contributed by atoms with Crippen LogP contribution in [-0.2, 0) is 14.8 Å². The van der Waals surface area contributed by atoms with Gasteiger partial charge >= 0.3 is 5.97 Å². The maximum atomic E-state index is 12.3. The lowest BCUT2D eigenvalue weighted by atomic mass is 10.1. The summed E-state index contributed by atoms with van der Waals surface area (Å²) >= 11 is 0. The number of esters is 1. The first-order chi connectivity index (χ1) is 11.7. The second-order valence-electron chi connectivity index (χ2n) is 5.30. The minimum absolute atomic E-state index is 0.324. The second-order valence-corrected chi connectivity index (χ2v) is 7.32. The third-order valence-electron chi connectivity index (χ3n) is 3.53. The molecule has 7 nitrogen and oxygen atoms in total. The van der Waals surface area contributed by atoms with Gasteiger partial charge in [0, 0.05) is 18.3 Å². The van der Waals surface area contributed by atoms with E-state index in [0.29, 0.717) is 22.5 Å². The molecule has 0 saturated heterocycles. The molecule has 2 aromatic rings. The van der Waals surface area contributed by atoms with E-state index in [1.807, 2.05) is 0 Å². The number of carbonyl (C=O) groups excluding carboxylic acids is 2. The van der Waals surface area contributed by atoms with Crippen LogP contribution in [0.25, 0.3) is 0 Å². The van der Waals surface area contributed by atoms with Crippen molar-refractivity contribution in [3.05, 3.63) is 59.7 Å². The number of hydrogen-bond donors (Lipinski definition) is 1. The molecule has 0 bridgehead atoms. The van der Waals surface area contributed by atoms with Crippen LogP contribution in [0.5, 0.6) is 0 Å². The van der Waals surface area contributed by atoms with E-state index in [2.05, 4.69) is 10.1 Å². The Morgan fingerprint density at radius 1 is 1.04 bits per heavy atom. The summed E-state index contributed by atoms with van der Waals surface area (Å²) in [6, 6.07) is 12.5. The molecule has 0 radical (unpaired) electrons. The van der Waals surface area contributed by atoms with Gasteiger partial charge in [0.15, 0.2) is 0 Å². The van der Waals surface area contributed by atoms with Crippen LogP contribution < -0.4 is 9.62 Å². The van der Waals surface area contributed by atoms with Crippen molar-refractivity contribution in [2.45, 2.75) is 0 Å². The van der Waals surface area contributed by atoms with Crippen LogP contribution in [0, 0.1) is 0 Å². The Bertz CT molecular complexity index is 892. The van der Waals surface area contributed by atoms with Crippen LogP contribution in [0.4, 0.5) is 11.4 Å². The standard InChI is InChI=1S/C17H18N2O5S/c1-19(25(3,22)23)15-9-7-12(8-10-15)16(20)18-14-6-4-5-13(11-14)17(21)24-2/h4-11H,1-3H3,(H,18,20). The lowest BCUT2D eigenvalue weighted by Gasteiger charge is -2.16. The molecule has 0 saturated carbocycles. The van der Waals surface area contributed by atoms with E-state index in [9.17, 15) is 18.0 Å². The Morgan fingerprint density at radius 3 is 2.24 bits per heavy atom. The van der Waals surface area contributed by atoms with Crippen molar-refractivity contribution in [1.82, 2.24) is 0 Å². The van der Waals surface area contributed by atoms with Crippen molar-refractivity contribution < 1.29 is 22.7 Å². The van der Waals surface area contributed by atoms with Gasteiger partial charge in [-0.3, -0.25) is 9.10 Å². The van der Waals surface area contributed by atoms with Crippen LogP contribution in [0.2, 0.25) is 0 Å². The zero-order chi connectivity index (χ0) is 18.6. The van der Waals surface area contributed by atoms with E-state index in [0.717, 1.165) is 10.6 Å². The first-order valence-electron chi connectivity index (χ1n) is 7.26. The molecule has 8 heteroatoms. The first kappa shape index (κ1) is 18.5. The van der Waals surface area contributed by atoms with Gasteiger partial charge in [-0.25, -0.2) is 13.2 Å². The van der Waals surface area contributed by atoms with Gasteiger partial charge in [0.2, 0.25) is 10.0 Å². The summed E-state index contributed by atoms with van der Waals surface area (Å²) in [6.07, 6.45) is 1.10. The molecule has 0 heterocycles. The number of nitrogens with zero attached hydrogens (tertiary/aromatic N) is 1. The van der Waals surface area contributed by atoms with Crippen molar-refractivity contribution >= 4 is 33.3 Å². The summed E-state index contributed by atoms with van der Waals surface area (Å²) in [5, 5.41) is 2.68. The number of ether oxygens (including phenoxy) is 1. The van der Waals surface area contributed by atoms with Crippen molar-refractivity contribution in [3.63, 3.8) is 0 Å². The lowest BCUT2D eigenvalue weighted by Crippen LogP contribution is -2.24. The number of amides is 1. The number of hydrogen-bond acceptors (Lipinski definition) is 5. The van der Waals surface area contributed by atoms with E-state index in [4.69, 9.17) is 0 Å². The predicted octanol–water partition coefficient (Wildman–Crippen LogP) is 2.12. The highest BCUT2D eigenvalue weighted by Gasteiger charge is 2.13. The Balaban J connectivity index is 2.15. The molecule has 2 rings (SSSR count). The maximum Gasteiger partial charge on any atom is 0.337 e. The van der Waals surface area contributed by atoms with Gasteiger partial charge < -0.3 is 10.1 Å². The summed E-state index contributed by atoms with van der Waals surface area (Å²) in [4.78, 5) is 23.8. The summed E-state index contributed by atoms with van der Waals surface area (Å²) in [5.41, 5.74) is 1.58. The molecular formula is C17H18N2O5S. The molecule has 132 valence electrons. The topological polar surface area (TPSA) is 92.8 Å². The summed E-state index contributed by atoms with van der Waals surface area (Å²) in [6.45, 7) is 0. The van der Waals surface area contributed by atoms with Gasteiger partial charge in [-0.15, -0.1) is 0 Å². The molecule has 25 heavy (non-hydrogen) atoms. The third kappa shape index (κ3) is 4.57. The molecule has 1 N–H and O–H groups in total. The number of carbonyl (C=O) groups is 2. The van der Waals surface area contributed by atoms with E-state index < -0.39 is 16.0 Å². The molecule has 0 unspecified atom stereocenters. The first-order valence-corrected chi connectivity index (χ1v) is 9.11. The van der Waals surface area contributed by atoms with Gasteiger partial charge in [0.25, 0.3) is 5.91 Å². The highest BCUT2D eigenvalue weighted by Crippen LogP contribution is 2.18. The van der Waals surface area contributed by atoms with E-state index in [-0.39, 0.29) is 5.91 Å².